The van der Waals surface area contributed by atoms with E-state index in [9.17, 15) is 14.3 Å². The van der Waals surface area contributed by atoms with Gasteiger partial charge >= 0.3 is 0 Å². The number of amides is 1. The van der Waals surface area contributed by atoms with E-state index in [2.05, 4.69) is 4.98 Å². The van der Waals surface area contributed by atoms with Gasteiger partial charge in [-0.25, -0.2) is 9.37 Å². The Morgan fingerprint density at radius 3 is 2.71 bits per heavy atom. The van der Waals surface area contributed by atoms with E-state index in [1.54, 1.807) is 9.47 Å². The summed E-state index contributed by atoms with van der Waals surface area (Å²) in [7, 11) is 0. The van der Waals surface area contributed by atoms with E-state index >= 15 is 0 Å². The Labute approximate surface area is 137 Å². The normalized spacial score (nSPS) is 19.7. The maximum absolute atomic E-state index is 14.6. The number of hydrogen-bond donors (Lipinski definition) is 2. The number of nitrogens with zero attached hydrogens (tertiary/aromatic N) is 3. The second-order valence-corrected chi connectivity index (χ2v) is 6.21. The molecule has 1 atom stereocenters. The average molecular weight is 334 g/mol. The van der Waals surface area contributed by atoms with Crippen molar-refractivity contribution >= 4 is 16.9 Å². The first-order chi connectivity index (χ1) is 11.6. The van der Waals surface area contributed by atoms with Crippen LogP contribution in [0.15, 0.2) is 12.1 Å². The van der Waals surface area contributed by atoms with E-state index in [0.29, 0.717) is 37.3 Å². The summed E-state index contributed by atoms with van der Waals surface area (Å²) in [5.74, 6) is -0.686. The predicted molar refractivity (Wildman–Crippen MR) is 83.8 cm³/mol. The Kier molecular flexibility index (Phi) is 3.75. The summed E-state index contributed by atoms with van der Waals surface area (Å²) in [6.45, 7) is 1.74. The van der Waals surface area contributed by atoms with Crippen LogP contribution in [-0.2, 0) is 4.74 Å². The molecule has 1 aliphatic carbocycles. The molecule has 24 heavy (non-hydrogen) atoms. The number of imidazole rings is 1. The number of ether oxygens (including phenoxy) is 1. The minimum absolute atomic E-state index is 0.000648. The van der Waals surface area contributed by atoms with Crippen molar-refractivity contribution in [2.75, 3.05) is 26.3 Å². The van der Waals surface area contributed by atoms with Gasteiger partial charge in [0.2, 0.25) is 0 Å². The number of benzene rings is 1. The molecule has 1 aromatic carbocycles. The van der Waals surface area contributed by atoms with Crippen molar-refractivity contribution in [2.45, 2.75) is 25.1 Å². The quantitative estimate of drug-likeness (QED) is 0.815. The minimum Gasteiger partial charge on any atom is -0.378 e. The van der Waals surface area contributed by atoms with Gasteiger partial charge in [0, 0.05) is 19.1 Å². The van der Waals surface area contributed by atoms with E-state index in [-0.39, 0.29) is 23.3 Å². The average Bonchev–Trinajstić information content (AvgIpc) is 3.35. The third-order valence-electron chi connectivity index (χ3n) is 4.52. The summed E-state index contributed by atoms with van der Waals surface area (Å²) < 4.78 is 21.6. The van der Waals surface area contributed by atoms with Gasteiger partial charge in [-0.2, -0.15) is 0 Å². The first kappa shape index (κ1) is 15.5. The smallest absolute Gasteiger partial charge is 0.259 e. The topological polar surface area (TPSA) is 93.6 Å². The van der Waals surface area contributed by atoms with Crippen LogP contribution in [0.3, 0.4) is 0 Å². The molecule has 0 unspecified atom stereocenters. The van der Waals surface area contributed by atoms with Gasteiger partial charge < -0.3 is 19.3 Å². The maximum Gasteiger partial charge on any atom is 0.259 e. The second-order valence-electron chi connectivity index (χ2n) is 6.21. The highest BCUT2D eigenvalue weighted by atomic mass is 19.1. The molecule has 4 rings (SSSR count). The van der Waals surface area contributed by atoms with Crippen LogP contribution in [0.2, 0.25) is 0 Å². The third-order valence-corrected chi connectivity index (χ3v) is 4.52. The third kappa shape index (κ3) is 2.47. The lowest BCUT2D eigenvalue weighted by Gasteiger charge is -2.27. The molecule has 0 radical (unpaired) electrons. The number of aliphatic hydroxyl groups excluding tert-OH is 1. The summed E-state index contributed by atoms with van der Waals surface area (Å²) in [5, 5.41) is 9.82. The standard InChI is InChI=1S/C16H19FN4O3/c17-10-3-4-11-13(12(10)16(23)20-5-7-24-8-6-20)21(9-1-2-9)15(19-11)14(18)22/h3-4,9,14,22H,1-2,5-8,18H2/t14-/m1/s1. The zero-order chi connectivity index (χ0) is 16.8. The Balaban J connectivity index is 1.90. The zero-order valence-corrected chi connectivity index (χ0v) is 13.1. The fraction of sp³-hybridized carbons (Fsp3) is 0.500. The summed E-state index contributed by atoms with van der Waals surface area (Å²) in [6, 6.07) is 2.86. The fourth-order valence-electron chi connectivity index (χ4n) is 3.22. The van der Waals surface area contributed by atoms with E-state index < -0.39 is 12.0 Å². The van der Waals surface area contributed by atoms with E-state index in [0.717, 1.165) is 12.8 Å². The molecule has 1 aromatic heterocycles. The lowest BCUT2D eigenvalue weighted by Crippen LogP contribution is -2.41. The van der Waals surface area contributed by atoms with Crippen molar-refractivity contribution in [1.29, 1.82) is 0 Å². The van der Waals surface area contributed by atoms with Crippen LogP contribution in [-0.4, -0.2) is 51.8 Å². The van der Waals surface area contributed by atoms with E-state index in [4.69, 9.17) is 10.5 Å². The van der Waals surface area contributed by atoms with Gasteiger partial charge in [-0.05, 0) is 25.0 Å². The molecule has 8 heteroatoms. The number of hydrogen-bond acceptors (Lipinski definition) is 5. The zero-order valence-electron chi connectivity index (χ0n) is 13.1. The number of aromatic nitrogens is 2. The van der Waals surface area contributed by atoms with E-state index in [1.165, 1.54) is 12.1 Å². The van der Waals surface area contributed by atoms with Crippen LogP contribution in [0, 0.1) is 5.82 Å². The number of carbonyl (C=O) groups is 1. The Morgan fingerprint density at radius 1 is 1.38 bits per heavy atom. The molecule has 1 saturated carbocycles. The highest BCUT2D eigenvalue weighted by molar-refractivity contribution is 6.05. The van der Waals surface area contributed by atoms with Gasteiger partial charge in [-0.3, -0.25) is 10.5 Å². The molecule has 2 aromatic rings. The molecule has 0 spiro atoms. The molecule has 1 aliphatic heterocycles. The number of carbonyl (C=O) groups excluding carboxylic acids is 1. The molecule has 1 amide bonds. The molecule has 2 aliphatic rings. The van der Waals surface area contributed by atoms with Gasteiger partial charge in [-0.1, -0.05) is 0 Å². The number of morpholine rings is 1. The van der Waals surface area contributed by atoms with Crippen molar-refractivity contribution < 1.29 is 19.0 Å². The van der Waals surface area contributed by atoms with Gasteiger partial charge in [-0.15, -0.1) is 0 Å². The van der Waals surface area contributed by atoms with Crippen molar-refractivity contribution in [3.63, 3.8) is 0 Å². The van der Waals surface area contributed by atoms with E-state index in [1.807, 2.05) is 0 Å². The van der Waals surface area contributed by atoms with Crippen molar-refractivity contribution in [3.8, 4) is 0 Å². The van der Waals surface area contributed by atoms with Crippen LogP contribution < -0.4 is 5.73 Å². The number of halogens is 1. The first-order valence-electron chi connectivity index (χ1n) is 8.09. The van der Waals surface area contributed by atoms with Gasteiger partial charge in [0.25, 0.3) is 5.91 Å². The fourth-order valence-corrected chi connectivity index (χ4v) is 3.22. The Bertz CT molecular complexity index is 794. The highest BCUT2D eigenvalue weighted by Gasteiger charge is 2.34. The first-order valence-corrected chi connectivity index (χ1v) is 8.09. The van der Waals surface area contributed by atoms with Gasteiger partial charge in [0.15, 0.2) is 12.1 Å². The molecule has 1 saturated heterocycles. The molecule has 128 valence electrons. The van der Waals surface area contributed by atoms with Crippen LogP contribution >= 0.6 is 0 Å². The number of nitrogens with two attached hydrogens (primary N) is 1. The maximum atomic E-state index is 14.6. The summed E-state index contributed by atoms with van der Waals surface area (Å²) in [5.41, 5.74) is 6.51. The number of rotatable bonds is 3. The second kappa shape index (κ2) is 5.80. The molecule has 3 N–H and O–H groups in total. The highest BCUT2D eigenvalue weighted by Crippen LogP contribution is 2.41. The summed E-state index contributed by atoms with van der Waals surface area (Å²) in [4.78, 5) is 18.8. The van der Waals surface area contributed by atoms with Gasteiger partial charge in [0.05, 0.1) is 24.2 Å². The monoisotopic (exact) mass is 334 g/mol. The molecule has 7 nitrogen and oxygen atoms in total. The molecular weight excluding hydrogens is 315 g/mol. The van der Waals surface area contributed by atoms with Crippen LogP contribution in [0.1, 0.15) is 41.3 Å². The molecule has 0 bridgehead atoms. The summed E-state index contributed by atoms with van der Waals surface area (Å²) >= 11 is 0. The lowest BCUT2D eigenvalue weighted by molar-refractivity contribution is 0.0301. The SMILES string of the molecule is N[C@H](O)c1nc2ccc(F)c(C(=O)N3CCOCC3)c2n1C1CC1. The Morgan fingerprint density at radius 2 is 2.08 bits per heavy atom. The van der Waals surface area contributed by atoms with Crippen LogP contribution in [0.5, 0.6) is 0 Å². The predicted octanol–water partition coefficient (Wildman–Crippen LogP) is 0.932. The summed E-state index contributed by atoms with van der Waals surface area (Å²) in [6.07, 6.45) is 0.520. The number of fused-ring (bicyclic) bond motifs is 1. The minimum atomic E-state index is -1.27. The van der Waals surface area contributed by atoms with Crippen LogP contribution in [0.25, 0.3) is 11.0 Å². The van der Waals surface area contributed by atoms with Gasteiger partial charge in [0.1, 0.15) is 11.4 Å². The van der Waals surface area contributed by atoms with Crippen LogP contribution in [0.4, 0.5) is 4.39 Å². The largest absolute Gasteiger partial charge is 0.378 e. The Hall–Kier alpha value is -2.03. The number of aliphatic hydroxyl groups is 1. The molecular formula is C16H19FN4O3. The molecule has 2 heterocycles. The van der Waals surface area contributed by atoms with Crippen molar-refractivity contribution in [1.82, 2.24) is 14.5 Å². The van der Waals surface area contributed by atoms with Crippen molar-refractivity contribution in [2.24, 2.45) is 5.73 Å². The lowest BCUT2D eigenvalue weighted by atomic mass is 10.1. The van der Waals surface area contributed by atoms with Crippen molar-refractivity contribution in [3.05, 3.63) is 29.3 Å². The molecule has 2 fully saturated rings.